The maximum Gasteiger partial charge on any atom is 0.193 e. The van der Waals surface area contributed by atoms with Crippen LogP contribution in [0, 0.1) is 11.8 Å². The molecule has 4 unspecified atom stereocenters. The summed E-state index contributed by atoms with van der Waals surface area (Å²) in [5, 5.41) is 3.54. The van der Waals surface area contributed by atoms with E-state index in [1.807, 2.05) is 0 Å². The van der Waals surface area contributed by atoms with Crippen LogP contribution in [0.25, 0.3) is 0 Å². The summed E-state index contributed by atoms with van der Waals surface area (Å²) < 4.78 is 5.56. The second-order valence-corrected chi connectivity index (χ2v) is 7.92. The summed E-state index contributed by atoms with van der Waals surface area (Å²) in [4.78, 5) is 10.1. The zero-order valence-corrected chi connectivity index (χ0v) is 15.8. The molecular weight excluding hydrogens is 300 g/mol. The predicted octanol–water partition coefficient (Wildman–Crippen LogP) is 2.18. The van der Waals surface area contributed by atoms with Crippen LogP contribution in [0.5, 0.6) is 0 Å². The van der Waals surface area contributed by atoms with Crippen molar-refractivity contribution < 1.29 is 4.74 Å². The maximum atomic E-state index is 5.56. The van der Waals surface area contributed by atoms with Crippen molar-refractivity contribution in [2.45, 2.75) is 58.5 Å². The number of ether oxygens (including phenoxy) is 1. The minimum Gasteiger partial charge on any atom is -0.379 e. The summed E-state index contributed by atoms with van der Waals surface area (Å²) in [6.45, 7) is 13.7. The van der Waals surface area contributed by atoms with Crippen molar-refractivity contribution in [2.24, 2.45) is 16.8 Å². The molecule has 24 heavy (non-hydrogen) atoms. The van der Waals surface area contributed by atoms with Crippen molar-refractivity contribution in [3.63, 3.8) is 0 Å². The van der Waals surface area contributed by atoms with Gasteiger partial charge in [-0.15, -0.1) is 0 Å². The Morgan fingerprint density at radius 3 is 2.58 bits per heavy atom. The van der Waals surface area contributed by atoms with Crippen molar-refractivity contribution in [3.8, 4) is 0 Å². The Balaban J connectivity index is 1.59. The summed E-state index contributed by atoms with van der Waals surface area (Å²) >= 11 is 0. The zero-order chi connectivity index (χ0) is 16.9. The third-order valence-corrected chi connectivity index (χ3v) is 6.10. The quantitative estimate of drug-likeness (QED) is 0.631. The first-order valence-electron chi connectivity index (χ1n) is 10.1. The van der Waals surface area contributed by atoms with Crippen molar-refractivity contribution in [1.29, 1.82) is 0 Å². The predicted molar refractivity (Wildman–Crippen MR) is 99.4 cm³/mol. The van der Waals surface area contributed by atoms with Gasteiger partial charge in [-0.3, -0.25) is 9.89 Å². The highest BCUT2D eigenvalue weighted by atomic mass is 16.5. The van der Waals surface area contributed by atoms with Crippen LogP contribution >= 0.6 is 0 Å². The van der Waals surface area contributed by atoms with Crippen LogP contribution in [0.15, 0.2) is 4.99 Å². The number of aliphatic imine (C=N–C) groups is 1. The van der Waals surface area contributed by atoms with Crippen molar-refractivity contribution >= 4 is 5.96 Å². The molecule has 0 amide bonds. The Bertz CT molecular complexity index is 414. The molecule has 4 atom stereocenters. The lowest BCUT2D eigenvalue weighted by Gasteiger charge is -2.37. The van der Waals surface area contributed by atoms with Gasteiger partial charge in [0.15, 0.2) is 5.96 Å². The van der Waals surface area contributed by atoms with Crippen LogP contribution in [0.2, 0.25) is 0 Å². The number of fused-ring (bicyclic) bond motifs is 1. The molecule has 0 aromatic heterocycles. The normalized spacial score (nSPS) is 33.4. The fourth-order valence-corrected chi connectivity index (χ4v) is 4.72. The summed E-state index contributed by atoms with van der Waals surface area (Å²) in [6, 6.07) is 0.976. The van der Waals surface area contributed by atoms with Crippen molar-refractivity contribution in [2.75, 3.05) is 45.9 Å². The molecule has 2 aliphatic heterocycles. The molecule has 0 bridgehead atoms. The lowest BCUT2D eigenvalue weighted by atomic mass is 9.82. The lowest BCUT2D eigenvalue weighted by molar-refractivity contribution is -0.0166. The second-order valence-electron chi connectivity index (χ2n) is 7.92. The molecule has 1 aliphatic carbocycles. The first-order valence-corrected chi connectivity index (χ1v) is 10.1. The zero-order valence-electron chi connectivity index (χ0n) is 15.8. The third-order valence-electron chi connectivity index (χ3n) is 6.10. The molecule has 0 aromatic carbocycles. The lowest BCUT2D eigenvalue weighted by Crippen LogP contribution is -2.49. The van der Waals surface area contributed by atoms with Gasteiger partial charge in [0, 0.05) is 38.3 Å². The number of likely N-dealkylation sites (tertiary alicyclic amines) is 1. The first-order chi connectivity index (χ1) is 11.7. The number of nitrogens with one attached hydrogen (secondary N) is 1. The van der Waals surface area contributed by atoms with Gasteiger partial charge < -0.3 is 15.0 Å². The van der Waals surface area contributed by atoms with Gasteiger partial charge in [0.05, 0.1) is 19.8 Å². The van der Waals surface area contributed by atoms with Gasteiger partial charge in [0.1, 0.15) is 0 Å². The van der Waals surface area contributed by atoms with Crippen LogP contribution in [0.1, 0.15) is 46.5 Å². The molecule has 3 rings (SSSR count). The molecule has 3 aliphatic rings. The molecule has 1 saturated carbocycles. The first kappa shape index (κ1) is 18.0. The van der Waals surface area contributed by atoms with E-state index >= 15 is 0 Å². The SMILES string of the molecule is CCNC(=NCC(C)N1CCOCC1C)N1CC2CCCCC2C1. The molecule has 0 spiro atoms. The van der Waals surface area contributed by atoms with E-state index in [0.29, 0.717) is 12.1 Å². The van der Waals surface area contributed by atoms with Gasteiger partial charge in [-0.1, -0.05) is 12.8 Å². The molecular formula is C19H36N4O. The summed E-state index contributed by atoms with van der Waals surface area (Å²) in [7, 11) is 0. The Morgan fingerprint density at radius 1 is 1.25 bits per heavy atom. The van der Waals surface area contributed by atoms with Gasteiger partial charge >= 0.3 is 0 Å². The highest BCUT2D eigenvalue weighted by Gasteiger charge is 2.35. The van der Waals surface area contributed by atoms with Crippen LogP contribution in [0.4, 0.5) is 0 Å². The molecule has 5 nitrogen and oxygen atoms in total. The molecule has 2 saturated heterocycles. The van der Waals surface area contributed by atoms with Gasteiger partial charge in [-0.05, 0) is 45.4 Å². The number of hydrogen-bond acceptors (Lipinski definition) is 3. The Kier molecular flexibility index (Phi) is 6.39. The standard InChI is InChI=1S/C19H36N4O/c1-4-20-19(22-12-17-7-5-6-8-18(17)13-22)21-11-15(2)23-9-10-24-14-16(23)3/h15-18H,4-14H2,1-3H3,(H,20,21). The van der Waals surface area contributed by atoms with Crippen LogP contribution in [-0.4, -0.2) is 73.8 Å². The highest BCUT2D eigenvalue weighted by Crippen LogP contribution is 2.35. The van der Waals surface area contributed by atoms with E-state index in [-0.39, 0.29) is 0 Å². The van der Waals surface area contributed by atoms with E-state index in [1.165, 1.54) is 38.8 Å². The van der Waals surface area contributed by atoms with E-state index in [0.717, 1.165) is 50.6 Å². The Labute approximate surface area is 147 Å². The van der Waals surface area contributed by atoms with Gasteiger partial charge in [0.2, 0.25) is 0 Å². The average molecular weight is 337 g/mol. The minimum atomic E-state index is 0.474. The fourth-order valence-electron chi connectivity index (χ4n) is 4.72. The summed E-state index contributed by atoms with van der Waals surface area (Å²) in [5.41, 5.74) is 0. The van der Waals surface area contributed by atoms with Crippen molar-refractivity contribution in [1.82, 2.24) is 15.1 Å². The maximum absolute atomic E-state index is 5.56. The molecule has 1 N–H and O–H groups in total. The fraction of sp³-hybridized carbons (Fsp3) is 0.947. The summed E-state index contributed by atoms with van der Waals surface area (Å²) in [5.74, 6) is 2.94. The number of morpholine rings is 1. The second kappa shape index (κ2) is 8.52. The van der Waals surface area contributed by atoms with Crippen LogP contribution in [0.3, 0.4) is 0 Å². The van der Waals surface area contributed by atoms with Crippen LogP contribution in [-0.2, 0) is 4.74 Å². The number of guanidine groups is 1. The highest BCUT2D eigenvalue weighted by molar-refractivity contribution is 5.80. The molecule has 2 heterocycles. The third kappa shape index (κ3) is 4.23. The van der Waals surface area contributed by atoms with Crippen LogP contribution < -0.4 is 5.32 Å². The number of rotatable bonds is 4. The van der Waals surface area contributed by atoms with Gasteiger partial charge in [-0.25, -0.2) is 0 Å². The number of nitrogens with zero attached hydrogens (tertiary/aromatic N) is 3. The largest absolute Gasteiger partial charge is 0.379 e. The smallest absolute Gasteiger partial charge is 0.193 e. The Morgan fingerprint density at radius 2 is 1.96 bits per heavy atom. The van der Waals surface area contributed by atoms with E-state index in [9.17, 15) is 0 Å². The molecule has 5 heteroatoms. The summed E-state index contributed by atoms with van der Waals surface area (Å²) in [6.07, 6.45) is 5.69. The van der Waals surface area contributed by atoms with E-state index in [2.05, 4.69) is 35.9 Å². The molecule has 3 fully saturated rings. The van der Waals surface area contributed by atoms with E-state index in [1.54, 1.807) is 0 Å². The molecule has 0 radical (unpaired) electrons. The number of hydrogen-bond donors (Lipinski definition) is 1. The minimum absolute atomic E-state index is 0.474. The van der Waals surface area contributed by atoms with Crippen molar-refractivity contribution in [3.05, 3.63) is 0 Å². The molecule has 138 valence electrons. The molecule has 0 aromatic rings. The van der Waals surface area contributed by atoms with Gasteiger partial charge in [-0.2, -0.15) is 0 Å². The monoisotopic (exact) mass is 336 g/mol. The topological polar surface area (TPSA) is 40.1 Å². The Hall–Kier alpha value is -0.810. The average Bonchev–Trinajstić information content (AvgIpc) is 3.02. The van der Waals surface area contributed by atoms with E-state index < -0.39 is 0 Å². The van der Waals surface area contributed by atoms with Gasteiger partial charge in [0.25, 0.3) is 0 Å². The van der Waals surface area contributed by atoms with E-state index in [4.69, 9.17) is 9.73 Å².